The molecule has 0 spiro atoms. The summed E-state index contributed by atoms with van der Waals surface area (Å²) in [6, 6.07) is 9.57. The molecule has 2 N–H and O–H groups in total. The van der Waals surface area contributed by atoms with Gasteiger partial charge in [-0.25, -0.2) is 9.78 Å². The summed E-state index contributed by atoms with van der Waals surface area (Å²) < 4.78 is 0. The molecule has 0 bridgehead atoms. The van der Waals surface area contributed by atoms with Crippen LogP contribution in [-0.4, -0.2) is 34.2 Å². The first kappa shape index (κ1) is 16.5. The molecule has 22 heavy (non-hydrogen) atoms. The third-order valence-electron chi connectivity index (χ3n) is 3.27. The Hall–Kier alpha value is -1.92. The number of aryl methyl sites for hydroxylation is 2. The van der Waals surface area contributed by atoms with Gasteiger partial charge in [0.2, 0.25) is 0 Å². The van der Waals surface area contributed by atoms with Gasteiger partial charge >= 0.3 is 6.03 Å². The van der Waals surface area contributed by atoms with E-state index < -0.39 is 0 Å². The highest BCUT2D eigenvalue weighted by atomic mass is 32.1. The molecular weight excluding hydrogens is 298 g/mol. The smallest absolute Gasteiger partial charge is 0.318 e. The number of nitrogens with zero attached hydrogens (tertiary/aromatic N) is 2. The van der Waals surface area contributed by atoms with Crippen molar-refractivity contribution in [3.05, 3.63) is 51.5 Å². The molecule has 0 atom stereocenters. The van der Waals surface area contributed by atoms with Crippen LogP contribution in [0.5, 0.6) is 0 Å². The number of urea groups is 1. The van der Waals surface area contributed by atoms with E-state index in [0.29, 0.717) is 19.6 Å². The minimum Gasteiger partial charge on any atom is -0.395 e. The van der Waals surface area contributed by atoms with Crippen LogP contribution >= 0.6 is 11.3 Å². The van der Waals surface area contributed by atoms with E-state index in [-0.39, 0.29) is 12.6 Å². The van der Waals surface area contributed by atoms with Gasteiger partial charge in [-0.15, -0.1) is 11.3 Å². The minimum atomic E-state index is -0.177. The van der Waals surface area contributed by atoms with Crippen LogP contribution in [0, 0.1) is 13.8 Å². The minimum absolute atomic E-state index is 0.0566. The lowest BCUT2D eigenvalue weighted by atomic mass is 10.2. The molecular formula is C16H21N3O2S. The van der Waals surface area contributed by atoms with Gasteiger partial charge in [-0.1, -0.05) is 30.3 Å². The largest absolute Gasteiger partial charge is 0.395 e. The quantitative estimate of drug-likeness (QED) is 0.859. The average Bonchev–Trinajstić information content (AvgIpc) is 2.83. The van der Waals surface area contributed by atoms with Gasteiger partial charge in [0.25, 0.3) is 0 Å². The molecule has 0 saturated heterocycles. The van der Waals surface area contributed by atoms with Crippen LogP contribution in [0.15, 0.2) is 30.3 Å². The number of thiazole rings is 1. The van der Waals surface area contributed by atoms with Crippen molar-refractivity contribution < 1.29 is 9.90 Å². The molecule has 0 radical (unpaired) electrons. The van der Waals surface area contributed by atoms with Gasteiger partial charge in [-0.2, -0.15) is 0 Å². The number of hydrogen-bond acceptors (Lipinski definition) is 4. The van der Waals surface area contributed by atoms with Gasteiger partial charge < -0.3 is 15.3 Å². The lowest BCUT2D eigenvalue weighted by molar-refractivity contribution is 0.174. The number of aliphatic hydroxyl groups is 1. The van der Waals surface area contributed by atoms with Crippen molar-refractivity contribution in [3.8, 4) is 0 Å². The highest BCUT2D eigenvalue weighted by Crippen LogP contribution is 2.16. The average molecular weight is 319 g/mol. The van der Waals surface area contributed by atoms with E-state index in [0.717, 1.165) is 21.1 Å². The predicted molar refractivity (Wildman–Crippen MR) is 87.8 cm³/mol. The Morgan fingerprint density at radius 2 is 2.05 bits per heavy atom. The lowest BCUT2D eigenvalue weighted by Crippen LogP contribution is -2.40. The van der Waals surface area contributed by atoms with Crippen LogP contribution in [0.1, 0.15) is 21.1 Å². The van der Waals surface area contributed by atoms with Crippen molar-refractivity contribution in [2.24, 2.45) is 0 Å². The Kier molecular flexibility index (Phi) is 5.91. The molecule has 2 aromatic rings. The van der Waals surface area contributed by atoms with Gasteiger partial charge in [0, 0.05) is 18.0 Å². The second-order valence-corrected chi connectivity index (χ2v) is 6.32. The Labute approximate surface area is 134 Å². The van der Waals surface area contributed by atoms with E-state index >= 15 is 0 Å². The molecule has 118 valence electrons. The molecule has 0 fully saturated rings. The summed E-state index contributed by atoms with van der Waals surface area (Å²) >= 11 is 1.59. The molecule has 0 aliphatic heterocycles. The number of nitrogens with one attached hydrogen (secondary N) is 1. The van der Waals surface area contributed by atoms with Crippen LogP contribution in [0.2, 0.25) is 0 Å². The SMILES string of the molecule is Cc1nc(C)c(CNC(=O)N(CCO)Cc2ccccc2)s1. The molecule has 0 saturated carbocycles. The van der Waals surface area contributed by atoms with E-state index in [2.05, 4.69) is 10.3 Å². The highest BCUT2D eigenvalue weighted by molar-refractivity contribution is 7.11. The van der Waals surface area contributed by atoms with Gasteiger partial charge in [-0.3, -0.25) is 0 Å². The van der Waals surface area contributed by atoms with Crippen LogP contribution in [0.25, 0.3) is 0 Å². The Bertz CT molecular complexity index is 613. The fourth-order valence-corrected chi connectivity index (χ4v) is 3.06. The van der Waals surface area contributed by atoms with Crippen LogP contribution in [-0.2, 0) is 13.1 Å². The summed E-state index contributed by atoms with van der Waals surface area (Å²) in [5, 5.41) is 13.1. The molecule has 2 amide bonds. The fourth-order valence-electron chi connectivity index (χ4n) is 2.18. The van der Waals surface area contributed by atoms with Crippen molar-refractivity contribution in [3.63, 3.8) is 0 Å². The summed E-state index contributed by atoms with van der Waals surface area (Å²) in [5.74, 6) is 0. The maximum atomic E-state index is 12.3. The molecule has 1 aromatic carbocycles. The molecule has 1 aromatic heterocycles. The van der Waals surface area contributed by atoms with Crippen LogP contribution in [0.4, 0.5) is 4.79 Å². The van der Waals surface area contributed by atoms with Crippen molar-refractivity contribution >= 4 is 17.4 Å². The van der Waals surface area contributed by atoms with E-state index in [1.165, 1.54) is 0 Å². The molecule has 2 rings (SSSR count). The van der Waals surface area contributed by atoms with Gasteiger partial charge in [0.15, 0.2) is 0 Å². The number of hydrogen-bond donors (Lipinski definition) is 2. The van der Waals surface area contributed by atoms with E-state index in [1.807, 2.05) is 44.2 Å². The number of benzene rings is 1. The second kappa shape index (κ2) is 7.91. The number of amides is 2. The van der Waals surface area contributed by atoms with Crippen molar-refractivity contribution in [1.82, 2.24) is 15.2 Å². The van der Waals surface area contributed by atoms with Gasteiger partial charge in [0.05, 0.1) is 23.9 Å². The number of carbonyl (C=O) groups is 1. The first-order valence-corrected chi connectivity index (χ1v) is 8.02. The lowest BCUT2D eigenvalue weighted by Gasteiger charge is -2.22. The van der Waals surface area contributed by atoms with E-state index in [4.69, 9.17) is 5.11 Å². The summed E-state index contributed by atoms with van der Waals surface area (Å²) in [5.41, 5.74) is 2.00. The number of aliphatic hydroxyl groups excluding tert-OH is 1. The zero-order valence-corrected chi connectivity index (χ0v) is 13.7. The Morgan fingerprint density at radius 1 is 1.32 bits per heavy atom. The van der Waals surface area contributed by atoms with Gasteiger partial charge in [0.1, 0.15) is 0 Å². The second-order valence-electron chi connectivity index (χ2n) is 5.03. The summed E-state index contributed by atoms with van der Waals surface area (Å²) in [6.45, 7) is 5.10. The van der Waals surface area contributed by atoms with Crippen LogP contribution in [0.3, 0.4) is 0 Å². The Balaban J connectivity index is 1.96. The number of carbonyl (C=O) groups excluding carboxylic acids is 1. The molecule has 0 aliphatic rings. The van der Waals surface area contributed by atoms with Crippen LogP contribution < -0.4 is 5.32 Å². The molecule has 0 unspecified atom stereocenters. The number of rotatable bonds is 6. The first-order chi connectivity index (χ1) is 10.6. The van der Waals surface area contributed by atoms with Crippen molar-refractivity contribution in [2.75, 3.05) is 13.2 Å². The standard InChI is InChI=1S/C16H21N3O2S/c1-12-15(22-13(2)18-12)10-17-16(21)19(8-9-20)11-14-6-4-3-5-7-14/h3-7,20H,8-11H2,1-2H3,(H,17,21). The molecule has 5 nitrogen and oxygen atoms in total. The maximum absolute atomic E-state index is 12.3. The predicted octanol–water partition coefficient (Wildman–Crippen LogP) is 2.46. The topological polar surface area (TPSA) is 65.5 Å². The summed E-state index contributed by atoms with van der Waals surface area (Å²) in [7, 11) is 0. The maximum Gasteiger partial charge on any atom is 0.318 e. The third-order valence-corrected chi connectivity index (χ3v) is 4.35. The first-order valence-electron chi connectivity index (χ1n) is 7.20. The zero-order chi connectivity index (χ0) is 15.9. The van der Waals surface area contributed by atoms with Crippen molar-refractivity contribution in [2.45, 2.75) is 26.9 Å². The zero-order valence-electron chi connectivity index (χ0n) is 12.9. The third kappa shape index (κ3) is 4.54. The van der Waals surface area contributed by atoms with E-state index in [9.17, 15) is 4.79 Å². The molecule has 6 heteroatoms. The monoisotopic (exact) mass is 319 g/mol. The van der Waals surface area contributed by atoms with Gasteiger partial charge in [-0.05, 0) is 19.4 Å². The fraction of sp³-hybridized carbons (Fsp3) is 0.375. The molecule has 1 heterocycles. The Morgan fingerprint density at radius 3 is 2.64 bits per heavy atom. The summed E-state index contributed by atoms with van der Waals surface area (Å²) in [6.07, 6.45) is 0. The van der Waals surface area contributed by atoms with E-state index in [1.54, 1.807) is 16.2 Å². The van der Waals surface area contributed by atoms with Crippen molar-refractivity contribution in [1.29, 1.82) is 0 Å². The molecule has 0 aliphatic carbocycles. The highest BCUT2D eigenvalue weighted by Gasteiger charge is 2.14. The number of aromatic nitrogens is 1. The summed E-state index contributed by atoms with van der Waals surface area (Å²) in [4.78, 5) is 19.3. The normalized spacial score (nSPS) is 10.5.